The number of anilines is 1. The summed E-state index contributed by atoms with van der Waals surface area (Å²) in [6.07, 6.45) is -1.55. The number of alkyl halides is 3. The van der Waals surface area contributed by atoms with Gasteiger partial charge in [0.1, 0.15) is 11.6 Å². The Balaban J connectivity index is 2.03. The highest BCUT2D eigenvalue weighted by molar-refractivity contribution is 7.15. The van der Waals surface area contributed by atoms with E-state index in [9.17, 15) is 27.6 Å². The second-order valence-corrected chi connectivity index (χ2v) is 10.3. The summed E-state index contributed by atoms with van der Waals surface area (Å²) in [7, 11) is 1.29. The van der Waals surface area contributed by atoms with Crippen LogP contribution in [0.5, 0.6) is 0 Å². The summed E-state index contributed by atoms with van der Waals surface area (Å²) in [5.74, 6) is -0.817. The number of nitrogens with one attached hydrogen (secondary N) is 1. The second kappa shape index (κ2) is 10.7. The van der Waals surface area contributed by atoms with Crippen LogP contribution in [0.4, 0.5) is 23.1 Å². The zero-order valence-corrected chi connectivity index (χ0v) is 20.8. The molecule has 0 bridgehead atoms. The van der Waals surface area contributed by atoms with Crippen molar-refractivity contribution in [2.24, 2.45) is 5.92 Å². The molecule has 1 fully saturated rings. The second-order valence-electron chi connectivity index (χ2n) is 9.37. The molecule has 190 valence electrons. The lowest BCUT2D eigenvalue weighted by atomic mass is 10.00. The molecule has 2 atom stereocenters. The van der Waals surface area contributed by atoms with Crippen molar-refractivity contribution >= 4 is 34.4 Å². The molecule has 2 heterocycles. The Morgan fingerprint density at radius 1 is 1.26 bits per heavy atom. The van der Waals surface area contributed by atoms with Gasteiger partial charge in [0.2, 0.25) is 16.0 Å². The maximum absolute atomic E-state index is 12.8. The number of likely N-dealkylation sites (N-methyl/N-ethyl adjacent to an activating group) is 1. The van der Waals surface area contributed by atoms with Crippen molar-refractivity contribution in [3.63, 3.8) is 0 Å². The molecular weight excluding hydrogens is 475 g/mol. The third-order valence-electron chi connectivity index (χ3n) is 4.75. The third-order valence-corrected chi connectivity index (χ3v) is 5.79. The fraction of sp³-hybridized carbons (Fsp3) is 0.667. The van der Waals surface area contributed by atoms with Crippen LogP contribution in [0.1, 0.15) is 52.5 Å². The largest absolute Gasteiger partial charge is 0.445 e. The first-order valence-electron chi connectivity index (χ1n) is 10.7. The van der Waals surface area contributed by atoms with Gasteiger partial charge in [-0.25, -0.2) is 4.79 Å². The quantitative estimate of drug-likeness (QED) is 0.568. The molecule has 0 radical (unpaired) electrons. The van der Waals surface area contributed by atoms with E-state index >= 15 is 0 Å². The molecular formula is C21H30F3N5O4S. The number of amides is 3. The van der Waals surface area contributed by atoms with E-state index in [1.54, 1.807) is 20.8 Å². The number of hydrogen-bond acceptors (Lipinski definition) is 7. The van der Waals surface area contributed by atoms with Crippen LogP contribution in [-0.2, 0) is 20.5 Å². The van der Waals surface area contributed by atoms with Crippen LogP contribution >= 0.6 is 11.3 Å². The van der Waals surface area contributed by atoms with E-state index in [4.69, 9.17) is 4.74 Å². The van der Waals surface area contributed by atoms with Gasteiger partial charge in [0.05, 0.1) is 0 Å². The van der Waals surface area contributed by atoms with Crippen molar-refractivity contribution in [3.05, 3.63) is 17.2 Å². The van der Waals surface area contributed by atoms with Crippen molar-refractivity contribution in [1.29, 1.82) is 0 Å². The van der Waals surface area contributed by atoms with Crippen LogP contribution < -0.4 is 10.2 Å². The lowest BCUT2D eigenvalue weighted by Crippen LogP contribution is -2.60. The molecule has 13 heteroatoms. The molecule has 0 aliphatic carbocycles. The van der Waals surface area contributed by atoms with Crippen molar-refractivity contribution in [2.45, 2.75) is 71.3 Å². The van der Waals surface area contributed by atoms with E-state index in [0.717, 1.165) is 4.90 Å². The van der Waals surface area contributed by atoms with Gasteiger partial charge in [0, 0.05) is 25.7 Å². The smallest absolute Gasteiger partial charge is 0.444 e. The van der Waals surface area contributed by atoms with Crippen molar-refractivity contribution in [2.75, 3.05) is 18.5 Å². The number of halogens is 3. The maximum atomic E-state index is 12.8. The first-order valence-corrected chi connectivity index (χ1v) is 11.6. The number of carbonyl (C=O) groups is 3. The highest BCUT2D eigenvalue weighted by atomic mass is 32.1. The molecule has 1 aliphatic heterocycles. The van der Waals surface area contributed by atoms with Gasteiger partial charge >= 0.3 is 12.3 Å². The lowest BCUT2D eigenvalue weighted by Gasteiger charge is -2.40. The predicted octanol–water partition coefficient (Wildman–Crippen LogP) is 3.62. The highest BCUT2D eigenvalue weighted by Crippen LogP contribution is 2.34. The number of ether oxygens (including phenoxy) is 1. The molecule has 2 rings (SSSR count). The van der Waals surface area contributed by atoms with Gasteiger partial charge in [-0.1, -0.05) is 31.3 Å². The Morgan fingerprint density at radius 2 is 1.91 bits per heavy atom. The number of hydrogen-bond donors (Lipinski definition) is 1. The number of aromatic nitrogens is 2. The van der Waals surface area contributed by atoms with Crippen LogP contribution in [0.15, 0.2) is 12.2 Å². The van der Waals surface area contributed by atoms with Crippen LogP contribution in [0.25, 0.3) is 0 Å². The summed E-state index contributed by atoms with van der Waals surface area (Å²) in [6.45, 7) is 9.51. The minimum Gasteiger partial charge on any atom is -0.444 e. The molecule has 1 aromatic heterocycles. The normalized spacial score (nSPS) is 17.5. The minimum absolute atomic E-state index is 0.170. The minimum atomic E-state index is -4.64. The van der Waals surface area contributed by atoms with E-state index in [1.165, 1.54) is 24.1 Å². The summed E-state index contributed by atoms with van der Waals surface area (Å²) in [5, 5.41) is 7.98. The number of likely N-dealkylation sites (tertiary alicyclic amines) is 1. The molecule has 0 unspecified atom stereocenters. The molecule has 1 saturated heterocycles. The Morgan fingerprint density at radius 3 is 2.38 bits per heavy atom. The summed E-state index contributed by atoms with van der Waals surface area (Å²) in [4.78, 5) is 39.8. The summed E-state index contributed by atoms with van der Waals surface area (Å²) in [5.41, 5.74) is -0.684. The van der Waals surface area contributed by atoms with Crippen LogP contribution in [0.2, 0.25) is 0 Å². The Kier molecular flexibility index (Phi) is 8.67. The SMILES string of the molecule is CC(C)C[C@@H](C=CC(=O)N(C)c1nnc(C(F)(F)F)s1)NC(=O)[C@@H]1CCN1C(=O)OC(C)(C)C. The first kappa shape index (κ1) is 27.5. The summed E-state index contributed by atoms with van der Waals surface area (Å²) < 4.78 is 43.5. The average Bonchev–Trinajstić information content (AvgIpc) is 3.12. The predicted molar refractivity (Wildman–Crippen MR) is 120 cm³/mol. The van der Waals surface area contributed by atoms with Crippen LogP contribution in [0.3, 0.4) is 0 Å². The molecule has 0 spiro atoms. The van der Waals surface area contributed by atoms with Gasteiger partial charge in [-0.3, -0.25) is 19.4 Å². The van der Waals surface area contributed by atoms with E-state index in [0.29, 0.717) is 19.4 Å². The fourth-order valence-electron chi connectivity index (χ4n) is 3.04. The van der Waals surface area contributed by atoms with E-state index in [1.807, 2.05) is 13.8 Å². The Hall–Kier alpha value is -2.70. The molecule has 3 amide bonds. The number of nitrogens with zero attached hydrogens (tertiary/aromatic N) is 4. The van der Waals surface area contributed by atoms with Gasteiger partial charge in [-0.15, -0.1) is 10.2 Å². The van der Waals surface area contributed by atoms with Gasteiger partial charge in [-0.05, 0) is 39.5 Å². The number of carbonyl (C=O) groups excluding carboxylic acids is 3. The van der Waals surface area contributed by atoms with Crippen LogP contribution in [0, 0.1) is 5.92 Å². The molecule has 9 nitrogen and oxygen atoms in total. The Bertz CT molecular complexity index is 926. The van der Waals surface area contributed by atoms with Crippen molar-refractivity contribution in [3.8, 4) is 0 Å². The van der Waals surface area contributed by atoms with Gasteiger partial charge in [-0.2, -0.15) is 13.2 Å². The standard InChI is InChI=1S/C21H30F3N5O4S/c1-12(2)11-13(25-16(31)14-9-10-29(14)19(32)33-20(3,4)5)7-8-15(30)28(6)18-27-26-17(34-18)21(22,23)24/h7-8,12-14H,9-11H2,1-6H3,(H,25,31)/t13-,14+/m1/s1. The molecule has 1 aliphatic rings. The van der Waals surface area contributed by atoms with Crippen molar-refractivity contribution in [1.82, 2.24) is 20.4 Å². The van der Waals surface area contributed by atoms with E-state index in [-0.39, 0.29) is 28.3 Å². The maximum Gasteiger partial charge on any atom is 0.445 e. The molecule has 34 heavy (non-hydrogen) atoms. The zero-order valence-electron chi connectivity index (χ0n) is 20.0. The lowest BCUT2D eigenvalue weighted by molar-refractivity contribution is -0.138. The van der Waals surface area contributed by atoms with Crippen molar-refractivity contribution < 1.29 is 32.3 Å². The van der Waals surface area contributed by atoms with Gasteiger partial charge in [0.15, 0.2) is 0 Å². The molecule has 1 N–H and O–H groups in total. The van der Waals surface area contributed by atoms with Gasteiger partial charge in [0.25, 0.3) is 5.91 Å². The average molecular weight is 506 g/mol. The molecule has 0 saturated carbocycles. The molecule has 1 aromatic rings. The zero-order chi connectivity index (χ0) is 25.8. The fourth-order valence-corrected chi connectivity index (χ4v) is 3.72. The van der Waals surface area contributed by atoms with Gasteiger partial charge < -0.3 is 10.1 Å². The number of rotatable bonds is 7. The first-order chi connectivity index (χ1) is 15.6. The Labute approximate surface area is 200 Å². The summed E-state index contributed by atoms with van der Waals surface area (Å²) in [6, 6.07) is -1.19. The highest BCUT2D eigenvalue weighted by Gasteiger charge is 2.40. The summed E-state index contributed by atoms with van der Waals surface area (Å²) >= 11 is 0.258. The van der Waals surface area contributed by atoms with E-state index < -0.39 is 40.9 Å². The van der Waals surface area contributed by atoms with E-state index in [2.05, 4.69) is 15.5 Å². The molecule has 0 aromatic carbocycles. The third kappa shape index (κ3) is 7.67. The van der Waals surface area contributed by atoms with Crippen LogP contribution in [-0.4, -0.2) is 64.3 Å². The monoisotopic (exact) mass is 505 g/mol. The topological polar surface area (TPSA) is 105 Å².